The van der Waals surface area contributed by atoms with E-state index in [9.17, 15) is 10.1 Å². The number of rotatable bonds is 10. The van der Waals surface area contributed by atoms with Gasteiger partial charge in [0.1, 0.15) is 5.75 Å². The molecule has 0 saturated carbocycles. The van der Waals surface area contributed by atoms with Gasteiger partial charge in [-0.05, 0) is 30.0 Å². The highest BCUT2D eigenvalue weighted by Crippen LogP contribution is 2.23. The maximum atomic E-state index is 10.6. The molecular weight excluding hydrogens is 378 g/mol. The zero-order valence-corrected chi connectivity index (χ0v) is 16.3. The predicted molar refractivity (Wildman–Crippen MR) is 107 cm³/mol. The number of benzene rings is 2. The molecule has 1 heterocycles. The number of nitro groups is 1. The monoisotopic (exact) mass is 399 g/mol. The molecule has 0 saturated heterocycles. The van der Waals surface area contributed by atoms with Crippen molar-refractivity contribution in [1.82, 2.24) is 10.2 Å². The van der Waals surface area contributed by atoms with Crippen LogP contribution < -0.4 is 4.74 Å². The van der Waals surface area contributed by atoms with E-state index in [1.807, 2.05) is 18.2 Å². The third-order valence-corrected chi connectivity index (χ3v) is 5.03. The van der Waals surface area contributed by atoms with Gasteiger partial charge in [0.25, 0.3) is 10.9 Å². The summed E-state index contributed by atoms with van der Waals surface area (Å²) < 4.78 is 11.3. The Kier molecular flexibility index (Phi) is 7.02. The van der Waals surface area contributed by atoms with E-state index in [0.717, 1.165) is 12.2 Å². The van der Waals surface area contributed by atoms with Crippen molar-refractivity contribution in [1.29, 1.82) is 0 Å². The van der Waals surface area contributed by atoms with Crippen molar-refractivity contribution in [3.63, 3.8) is 0 Å². The summed E-state index contributed by atoms with van der Waals surface area (Å²) in [4.78, 5) is 10.2. The Bertz CT molecular complexity index is 884. The Morgan fingerprint density at radius 2 is 1.89 bits per heavy atom. The quantitative estimate of drug-likeness (QED) is 0.207. The Morgan fingerprint density at radius 3 is 2.61 bits per heavy atom. The van der Waals surface area contributed by atoms with Crippen molar-refractivity contribution < 1.29 is 14.1 Å². The normalized spacial score (nSPS) is 11.9. The Labute approximate surface area is 167 Å². The third-order valence-electron chi connectivity index (χ3n) is 4.13. The first-order valence-corrected chi connectivity index (χ1v) is 9.98. The fraction of sp³-hybridized carbons (Fsp3) is 0.300. The van der Waals surface area contributed by atoms with E-state index in [1.165, 1.54) is 29.5 Å². The summed E-state index contributed by atoms with van der Waals surface area (Å²) in [5, 5.41) is 19.4. The fourth-order valence-corrected chi connectivity index (χ4v) is 3.30. The Morgan fingerprint density at radius 1 is 1.14 bits per heavy atom. The second kappa shape index (κ2) is 9.89. The number of nitrogens with zero attached hydrogens (tertiary/aromatic N) is 3. The van der Waals surface area contributed by atoms with Crippen LogP contribution in [0.5, 0.6) is 5.75 Å². The van der Waals surface area contributed by atoms with Crippen molar-refractivity contribution >= 4 is 17.4 Å². The summed E-state index contributed by atoms with van der Waals surface area (Å²) in [6.07, 6.45) is 1.50. The van der Waals surface area contributed by atoms with E-state index >= 15 is 0 Å². The van der Waals surface area contributed by atoms with E-state index < -0.39 is 4.92 Å². The number of thioether (sulfide) groups is 1. The molecule has 1 aromatic heterocycles. The SMILES string of the molecule is CC(Cc1nnc(SCCCOc2ccc([N+](=O)[O-])cc2)o1)c1ccccc1. The highest BCUT2D eigenvalue weighted by molar-refractivity contribution is 7.99. The summed E-state index contributed by atoms with van der Waals surface area (Å²) in [5.41, 5.74) is 1.30. The summed E-state index contributed by atoms with van der Waals surface area (Å²) in [6.45, 7) is 2.65. The van der Waals surface area contributed by atoms with E-state index in [-0.39, 0.29) is 5.69 Å². The maximum absolute atomic E-state index is 10.6. The van der Waals surface area contributed by atoms with Gasteiger partial charge >= 0.3 is 0 Å². The van der Waals surface area contributed by atoms with Crippen molar-refractivity contribution in [2.24, 2.45) is 0 Å². The van der Waals surface area contributed by atoms with Gasteiger partial charge in [-0.15, -0.1) is 10.2 Å². The lowest BCUT2D eigenvalue weighted by atomic mass is 9.98. The average molecular weight is 399 g/mol. The molecule has 0 aliphatic carbocycles. The molecule has 3 aromatic rings. The number of non-ortho nitro benzene ring substituents is 1. The average Bonchev–Trinajstić information content (AvgIpc) is 3.16. The van der Waals surface area contributed by atoms with Crippen LogP contribution in [0.1, 0.15) is 30.7 Å². The van der Waals surface area contributed by atoms with Crippen molar-refractivity contribution in [3.05, 3.63) is 76.2 Å². The number of hydrogen-bond acceptors (Lipinski definition) is 7. The van der Waals surface area contributed by atoms with E-state index in [0.29, 0.717) is 35.8 Å². The van der Waals surface area contributed by atoms with Crippen LogP contribution in [0.25, 0.3) is 0 Å². The van der Waals surface area contributed by atoms with Crippen LogP contribution in [0, 0.1) is 10.1 Å². The Balaban J connectivity index is 1.37. The first kappa shape index (κ1) is 19.9. The van der Waals surface area contributed by atoms with Gasteiger partial charge in [0.2, 0.25) is 5.89 Å². The van der Waals surface area contributed by atoms with Crippen molar-refractivity contribution in [2.75, 3.05) is 12.4 Å². The van der Waals surface area contributed by atoms with Crippen LogP contribution in [-0.4, -0.2) is 27.5 Å². The number of nitro benzene ring substituents is 1. The molecule has 8 heteroatoms. The number of hydrogen-bond donors (Lipinski definition) is 0. The summed E-state index contributed by atoms with van der Waals surface area (Å²) in [5.74, 6) is 2.35. The lowest BCUT2D eigenvalue weighted by Crippen LogP contribution is -1.99. The molecule has 0 aliphatic rings. The van der Waals surface area contributed by atoms with Gasteiger partial charge in [0.15, 0.2) is 0 Å². The number of aromatic nitrogens is 2. The molecule has 28 heavy (non-hydrogen) atoms. The maximum Gasteiger partial charge on any atom is 0.276 e. The molecule has 0 aliphatic heterocycles. The molecule has 0 fully saturated rings. The van der Waals surface area contributed by atoms with E-state index in [2.05, 4.69) is 29.3 Å². The molecule has 0 amide bonds. The van der Waals surface area contributed by atoms with Gasteiger partial charge in [0, 0.05) is 24.3 Å². The summed E-state index contributed by atoms with van der Waals surface area (Å²) in [6, 6.07) is 16.3. The van der Waals surface area contributed by atoms with Crippen LogP contribution in [-0.2, 0) is 6.42 Å². The van der Waals surface area contributed by atoms with Crippen molar-refractivity contribution in [2.45, 2.75) is 30.9 Å². The largest absolute Gasteiger partial charge is 0.494 e. The third kappa shape index (κ3) is 5.82. The smallest absolute Gasteiger partial charge is 0.276 e. The van der Waals surface area contributed by atoms with Gasteiger partial charge in [-0.1, -0.05) is 49.0 Å². The summed E-state index contributed by atoms with van der Waals surface area (Å²) in [7, 11) is 0. The molecule has 0 radical (unpaired) electrons. The number of ether oxygens (including phenoxy) is 1. The van der Waals surface area contributed by atoms with E-state index in [1.54, 1.807) is 12.1 Å². The molecule has 0 spiro atoms. The Hall–Kier alpha value is -2.87. The molecular formula is C20H21N3O4S. The van der Waals surface area contributed by atoms with Gasteiger partial charge in [-0.3, -0.25) is 10.1 Å². The van der Waals surface area contributed by atoms with Gasteiger partial charge in [-0.25, -0.2) is 0 Å². The van der Waals surface area contributed by atoms with Crippen LogP contribution >= 0.6 is 11.8 Å². The second-order valence-corrected chi connectivity index (χ2v) is 7.33. The summed E-state index contributed by atoms with van der Waals surface area (Å²) >= 11 is 1.50. The first-order valence-electron chi connectivity index (χ1n) is 8.99. The molecule has 1 unspecified atom stereocenters. The topological polar surface area (TPSA) is 91.3 Å². The van der Waals surface area contributed by atoms with Gasteiger partial charge in [0.05, 0.1) is 11.5 Å². The lowest BCUT2D eigenvalue weighted by molar-refractivity contribution is -0.384. The van der Waals surface area contributed by atoms with Crippen molar-refractivity contribution in [3.8, 4) is 5.75 Å². The predicted octanol–water partition coefficient (Wildman–Crippen LogP) is 4.89. The highest BCUT2D eigenvalue weighted by Gasteiger charge is 2.12. The van der Waals surface area contributed by atoms with Crippen LogP contribution in [0.3, 0.4) is 0 Å². The van der Waals surface area contributed by atoms with Crippen LogP contribution in [0.4, 0.5) is 5.69 Å². The highest BCUT2D eigenvalue weighted by atomic mass is 32.2. The molecule has 7 nitrogen and oxygen atoms in total. The van der Waals surface area contributed by atoms with E-state index in [4.69, 9.17) is 9.15 Å². The lowest BCUT2D eigenvalue weighted by Gasteiger charge is -2.08. The second-order valence-electron chi connectivity index (χ2n) is 6.28. The first-order chi connectivity index (χ1) is 13.6. The molecule has 2 aromatic carbocycles. The minimum atomic E-state index is -0.431. The van der Waals surface area contributed by atoms with Crippen LogP contribution in [0.15, 0.2) is 64.2 Å². The molecule has 146 valence electrons. The fourth-order valence-electron chi connectivity index (χ4n) is 2.61. The molecule has 1 atom stereocenters. The molecule has 0 N–H and O–H groups in total. The minimum Gasteiger partial charge on any atom is -0.494 e. The van der Waals surface area contributed by atoms with Gasteiger partial charge in [-0.2, -0.15) is 0 Å². The molecule has 0 bridgehead atoms. The minimum absolute atomic E-state index is 0.0525. The molecule has 3 rings (SSSR count). The standard InChI is InChI=1S/C20H21N3O4S/c1-15(16-6-3-2-4-7-16)14-19-21-22-20(27-19)28-13-5-12-26-18-10-8-17(9-11-18)23(24)25/h2-4,6-11,15H,5,12-14H2,1H3. The van der Waals surface area contributed by atoms with Crippen LogP contribution in [0.2, 0.25) is 0 Å². The zero-order valence-electron chi connectivity index (χ0n) is 15.5. The van der Waals surface area contributed by atoms with Gasteiger partial charge < -0.3 is 9.15 Å². The zero-order chi connectivity index (χ0) is 19.8.